The van der Waals surface area contributed by atoms with Gasteiger partial charge in [0.2, 0.25) is 10.0 Å². The van der Waals surface area contributed by atoms with Crippen LogP contribution in [0.5, 0.6) is 0 Å². The molecular formula is C14H22ClN3O2S. The molecule has 1 N–H and O–H groups in total. The summed E-state index contributed by atoms with van der Waals surface area (Å²) in [4.78, 5) is 4.30. The maximum atomic E-state index is 12.8. The van der Waals surface area contributed by atoms with Gasteiger partial charge in [-0.2, -0.15) is 4.31 Å². The lowest BCUT2D eigenvalue weighted by atomic mass is 10.1. The van der Waals surface area contributed by atoms with E-state index in [1.165, 1.54) is 12.3 Å². The van der Waals surface area contributed by atoms with Gasteiger partial charge in [0.05, 0.1) is 5.02 Å². The topological polar surface area (TPSA) is 62.3 Å². The highest BCUT2D eigenvalue weighted by atomic mass is 35.5. The van der Waals surface area contributed by atoms with E-state index >= 15 is 0 Å². The van der Waals surface area contributed by atoms with Crippen molar-refractivity contribution < 1.29 is 8.42 Å². The van der Waals surface area contributed by atoms with Crippen molar-refractivity contribution in [3.05, 3.63) is 17.3 Å². The Bertz CT molecular complexity index is 592. The number of nitrogens with zero attached hydrogens (tertiary/aromatic N) is 2. The molecule has 0 amide bonds. The zero-order chi connectivity index (χ0) is 15.5. The van der Waals surface area contributed by atoms with Gasteiger partial charge in [-0.15, -0.1) is 0 Å². The number of anilines is 1. The predicted molar refractivity (Wildman–Crippen MR) is 85.2 cm³/mol. The van der Waals surface area contributed by atoms with E-state index in [1.54, 1.807) is 4.31 Å². The van der Waals surface area contributed by atoms with Gasteiger partial charge in [-0.1, -0.05) is 24.4 Å². The zero-order valence-electron chi connectivity index (χ0n) is 12.5. The summed E-state index contributed by atoms with van der Waals surface area (Å²) in [5.74, 6) is 0.516. The van der Waals surface area contributed by atoms with Crippen LogP contribution in [0.15, 0.2) is 17.2 Å². The maximum Gasteiger partial charge on any atom is 0.244 e. The molecule has 5 nitrogen and oxygen atoms in total. The Morgan fingerprint density at radius 3 is 2.86 bits per heavy atom. The molecule has 2 heterocycles. The molecular weight excluding hydrogens is 310 g/mol. The van der Waals surface area contributed by atoms with E-state index in [4.69, 9.17) is 11.6 Å². The molecule has 2 rings (SSSR count). The second-order valence-corrected chi connectivity index (χ2v) is 7.64. The van der Waals surface area contributed by atoms with E-state index in [1.807, 2.05) is 13.8 Å². The largest absolute Gasteiger partial charge is 0.369 e. The number of pyridine rings is 1. The number of aromatic nitrogens is 1. The Labute approximate surface area is 131 Å². The molecule has 0 spiro atoms. The van der Waals surface area contributed by atoms with Crippen molar-refractivity contribution in [2.75, 3.05) is 18.4 Å². The molecule has 7 heteroatoms. The van der Waals surface area contributed by atoms with E-state index in [-0.39, 0.29) is 10.9 Å². The summed E-state index contributed by atoms with van der Waals surface area (Å²) in [5.41, 5.74) is 0. The van der Waals surface area contributed by atoms with E-state index in [2.05, 4.69) is 10.3 Å². The Kier molecular flexibility index (Phi) is 5.46. The van der Waals surface area contributed by atoms with Crippen molar-refractivity contribution in [2.24, 2.45) is 0 Å². The summed E-state index contributed by atoms with van der Waals surface area (Å²) in [7, 11) is -3.53. The van der Waals surface area contributed by atoms with Gasteiger partial charge in [-0.25, -0.2) is 13.4 Å². The lowest BCUT2D eigenvalue weighted by Crippen LogP contribution is -2.38. The van der Waals surface area contributed by atoms with Gasteiger partial charge < -0.3 is 5.32 Å². The van der Waals surface area contributed by atoms with Crippen LogP contribution >= 0.6 is 11.6 Å². The van der Waals surface area contributed by atoms with Crippen LogP contribution in [0.3, 0.4) is 0 Å². The number of sulfonamides is 1. The molecule has 1 fully saturated rings. The van der Waals surface area contributed by atoms with E-state index < -0.39 is 10.0 Å². The first-order valence-electron chi connectivity index (χ1n) is 7.38. The molecule has 1 unspecified atom stereocenters. The molecule has 0 aromatic carbocycles. The number of halogens is 1. The van der Waals surface area contributed by atoms with Crippen LogP contribution in [-0.4, -0.2) is 36.8 Å². The number of rotatable bonds is 4. The minimum Gasteiger partial charge on any atom is -0.369 e. The fourth-order valence-corrected chi connectivity index (χ4v) is 4.57. The molecule has 118 valence electrons. The van der Waals surface area contributed by atoms with Crippen molar-refractivity contribution in [3.63, 3.8) is 0 Å². The molecule has 0 radical (unpaired) electrons. The molecule has 0 bridgehead atoms. The first kappa shape index (κ1) is 16.5. The van der Waals surface area contributed by atoms with Crippen molar-refractivity contribution in [1.82, 2.24) is 9.29 Å². The average molecular weight is 332 g/mol. The normalized spacial score (nSPS) is 21.0. The number of hydrogen-bond donors (Lipinski definition) is 1. The fourth-order valence-electron chi connectivity index (χ4n) is 2.60. The van der Waals surface area contributed by atoms with Gasteiger partial charge in [-0.05, 0) is 32.8 Å². The molecule has 0 aliphatic carbocycles. The van der Waals surface area contributed by atoms with Crippen LogP contribution < -0.4 is 5.32 Å². The monoisotopic (exact) mass is 331 g/mol. The summed E-state index contributed by atoms with van der Waals surface area (Å²) in [6.45, 7) is 5.14. The van der Waals surface area contributed by atoms with Gasteiger partial charge in [0.25, 0.3) is 0 Å². The van der Waals surface area contributed by atoms with Crippen LogP contribution in [0, 0.1) is 0 Å². The highest BCUT2D eigenvalue weighted by Gasteiger charge is 2.30. The van der Waals surface area contributed by atoms with Crippen molar-refractivity contribution >= 4 is 27.4 Å². The lowest BCUT2D eigenvalue weighted by Gasteiger charge is -2.26. The average Bonchev–Trinajstić information content (AvgIpc) is 2.66. The zero-order valence-corrected chi connectivity index (χ0v) is 14.0. The molecule has 1 atom stereocenters. The summed E-state index contributed by atoms with van der Waals surface area (Å²) in [6.07, 6.45) is 5.34. The Hall–Kier alpha value is -0.850. The van der Waals surface area contributed by atoms with Crippen molar-refractivity contribution in [3.8, 4) is 0 Å². The van der Waals surface area contributed by atoms with Crippen LogP contribution in [0.4, 0.5) is 5.82 Å². The van der Waals surface area contributed by atoms with Gasteiger partial charge in [-0.3, -0.25) is 0 Å². The first-order valence-corrected chi connectivity index (χ1v) is 9.20. The maximum absolute atomic E-state index is 12.8. The number of hydrogen-bond acceptors (Lipinski definition) is 4. The fraction of sp³-hybridized carbons (Fsp3) is 0.643. The van der Waals surface area contributed by atoms with Gasteiger partial charge in [0.15, 0.2) is 0 Å². The van der Waals surface area contributed by atoms with E-state index in [0.29, 0.717) is 23.9 Å². The molecule has 21 heavy (non-hydrogen) atoms. The third-order valence-electron chi connectivity index (χ3n) is 3.76. The van der Waals surface area contributed by atoms with Crippen molar-refractivity contribution in [1.29, 1.82) is 0 Å². The summed E-state index contributed by atoms with van der Waals surface area (Å²) in [6, 6.07) is 1.50. The third-order valence-corrected chi connectivity index (χ3v) is 6.03. The molecule has 1 aliphatic rings. The Morgan fingerprint density at radius 2 is 2.19 bits per heavy atom. The molecule has 1 saturated heterocycles. The second-order valence-electron chi connectivity index (χ2n) is 5.35. The van der Waals surface area contributed by atoms with E-state index in [0.717, 1.165) is 25.7 Å². The summed E-state index contributed by atoms with van der Waals surface area (Å²) >= 11 is 6.11. The standard InChI is InChI=1S/C14H22ClN3O2S/c1-3-16-14-13(15)9-12(10-17-14)21(19,20)18-8-6-4-5-7-11(18)2/h9-11H,3-8H2,1-2H3,(H,16,17). The minimum absolute atomic E-state index is 0.0183. The van der Waals surface area contributed by atoms with Crippen LogP contribution in [0.2, 0.25) is 5.02 Å². The number of nitrogens with one attached hydrogen (secondary N) is 1. The molecule has 1 aromatic heterocycles. The summed E-state index contributed by atoms with van der Waals surface area (Å²) < 4.78 is 27.1. The summed E-state index contributed by atoms with van der Waals surface area (Å²) in [5, 5.41) is 3.33. The van der Waals surface area contributed by atoms with Crippen LogP contribution in [0.1, 0.15) is 39.5 Å². The predicted octanol–water partition coefficient (Wildman–Crippen LogP) is 3.12. The van der Waals surface area contributed by atoms with E-state index in [9.17, 15) is 8.42 Å². The lowest BCUT2D eigenvalue weighted by molar-refractivity contribution is 0.342. The molecule has 0 saturated carbocycles. The minimum atomic E-state index is -3.53. The quantitative estimate of drug-likeness (QED) is 0.920. The van der Waals surface area contributed by atoms with Crippen molar-refractivity contribution in [2.45, 2.75) is 50.5 Å². The highest BCUT2D eigenvalue weighted by molar-refractivity contribution is 7.89. The smallest absolute Gasteiger partial charge is 0.244 e. The first-order chi connectivity index (χ1) is 9.96. The van der Waals surface area contributed by atoms with Crippen LogP contribution in [-0.2, 0) is 10.0 Å². The van der Waals surface area contributed by atoms with Gasteiger partial charge in [0, 0.05) is 25.3 Å². The SMILES string of the molecule is CCNc1ncc(S(=O)(=O)N2CCCCCC2C)cc1Cl. The Morgan fingerprint density at radius 1 is 1.43 bits per heavy atom. The van der Waals surface area contributed by atoms with Gasteiger partial charge >= 0.3 is 0 Å². The molecule has 1 aromatic rings. The highest BCUT2D eigenvalue weighted by Crippen LogP contribution is 2.28. The second kappa shape index (κ2) is 6.94. The molecule has 1 aliphatic heterocycles. The van der Waals surface area contributed by atoms with Gasteiger partial charge in [0.1, 0.15) is 10.7 Å². The van der Waals surface area contributed by atoms with Crippen LogP contribution in [0.25, 0.3) is 0 Å². The third kappa shape index (κ3) is 3.67. The Balaban J connectivity index is 2.32.